The summed E-state index contributed by atoms with van der Waals surface area (Å²) in [6.45, 7) is 9.29. The molecule has 0 unspecified atom stereocenters. The van der Waals surface area contributed by atoms with Gasteiger partial charge in [0.1, 0.15) is 0 Å². The highest BCUT2D eigenvalue weighted by Gasteiger charge is 2.22. The second kappa shape index (κ2) is 23.6. The van der Waals surface area contributed by atoms with Crippen LogP contribution in [0.4, 0.5) is 0 Å². The largest absolute Gasteiger partial charge is 0.140 e. The molecule has 334 valence electrons. The first-order valence-corrected chi connectivity index (χ1v) is 30.3. The maximum absolute atomic E-state index is 2.62. The van der Waals surface area contributed by atoms with Crippen LogP contribution >= 0.6 is 68.0 Å². The van der Waals surface area contributed by atoms with E-state index in [0.717, 1.165) is 0 Å². The molecule has 8 aromatic rings. The summed E-state index contributed by atoms with van der Waals surface area (Å²) in [7, 11) is 0. The molecule has 0 aliphatic heterocycles. The maximum Gasteiger partial charge on any atom is 0.0456 e. The lowest BCUT2D eigenvalue weighted by molar-refractivity contribution is 0.609. The van der Waals surface area contributed by atoms with Crippen molar-refractivity contribution < 1.29 is 0 Å². The summed E-state index contributed by atoms with van der Waals surface area (Å²) in [6.07, 6.45) is 37.6. The zero-order chi connectivity index (χ0) is 42.7. The molecular weight excluding hydrogens is 865 g/mol. The Labute approximate surface area is 398 Å². The molecule has 0 N–H and O–H groups in total. The summed E-state index contributed by atoms with van der Waals surface area (Å²) in [4.78, 5) is 9.32. The van der Waals surface area contributed by atoms with Crippen molar-refractivity contribution in [2.75, 3.05) is 0 Å². The van der Waals surface area contributed by atoms with Gasteiger partial charge in [-0.05, 0) is 87.8 Å². The van der Waals surface area contributed by atoms with E-state index in [1.54, 1.807) is 38.3 Å². The van der Waals surface area contributed by atoms with Crippen LogP contribution in [0.2, 0.25) is 0 Å². The maximum atomic E-state index is 2.62. The van der Waals surface area contributed by atoms with Crippen LogP contribution in [0, 0.1) is 0 Å². The quantitative estimate of drug-likeness (QED) is 0.0411. The van der Waals surface area contributed by atoms with Crippen molar-refractivity contribution in [2.45, 2.75) is 207 Å². The van der Waals surface area contributed by atoms with Gasteiger partial charge in [-0.25, -0.2) is 0 Å². The number of fused-ring (bicyclic) bond motifs is 12. The molecule has 0 nitrogen and oxygen atoms in total. The van der Waals surface area contributed by atoms with Crippen LogP contribution in [0.15, 0.2) is 36.4 Å². The number of rotatable bonds is 29. The fourth-order valence-electron chi connectivity index (χ4n) is 9.82. The first-order chi connectivity index (χ1) is 30.6. The summed E-state index contributed by atoms with van der Waals surface area (Å²) >= 11 is 12.6. The monoisotopic (exact) mass is 938 g/mol. The number of benzene rings is 2. The minimum atomic E-state index is 1.23. The summed E-state index contributed by atoms with van der Waals surface area (Å²) in [5, 5.41) is 9.15. The molecule has 0 amide bonds. The van der Waals surface area contributed by atoms with Gasteiger partial charge in [0, 0.05) is 89.8 Å². The van der Waals surface area contributed by atoms with Crippen molar-refractivity contribution in [3.8, 4) is 9.75 Å². The first kappa shape index (κ1) is 46.7. The first-order valence-electron chi connectivity index (χ1n) is 25.4. The van der Waals surface area contributed by atoms with Crippen molar-refractivity contribution in [1.82, 2.24) is 0 Å². The highest BCUT2D eigenvalue weighted by atomic mass is 32.1. The van der Waals surface area contributed by atoms with E-state index in [9.17, 15) is 0 Å². The van der Waals surface area contributed by atoms with Crippen molar-refractivity contribution in [1.29, 1.82) is 0 Å². The fourth-order valence-corrected chi connectivity index (χ4v) is 17.6. The normalized spacial score (nSPS) is 12.4. The van der Waals surface area contributed by atoms with E-state index < -0.39 is 0 Å². The SMILES string of the molecule is CCCCCCCCc1cc2c(s1)c1cc(CCCCCCCC)sc1c1cc(-c3cc4c5sc(CCCCCCCC)cc5c5sc(CCCCCCCC)cc5c4s3)sc21. The summed E-state index contributed by atoms with van der Waals surface area (Å²) < 4.78 is 9.26. The van der Waals surface area contributed by atoms with E-state index in [4.69, 9.17) is 0 Å². The smallest absolute Gasteiger partial charge is 0.0456 e. The van der Waals surface area contributed by atoms with Gasteiger partial charge in [0.2, 0.25) is 0 Å². The van der Waals surface area contributed by atoms with Gasteiger partial charge in [0.25, 0.3) is 0 Å². The van der Waals surface area contributed by atoms with E-state index >= 15 is 0 Å². The molecule has 0 atom stereocenters. The van der Waals surface area contributed by atoms with E-state index in [2.05, 4.69) is 132 Å². The summed E-state index contributed by atoms with van der Waals surface area (Å²) in [5.74, 6) is 0. The Morgan fingerprint density at radius 2 is 0.452 bits per heavy atom. The van der Waals surface area contributed by atoms with Gasteiger partial charge in [-0.1, -0.05) is 156 Å². The molecule has 0 saturated carbocycles. The summed E-state index contributed by atoms with van der Waals surface area (Å²) in [5.41, 5.74) is 0. The third-order valence-corrected chi connectivity index (χ3v) is 20.9. The molecular formula is C56H74S6. The van der Waals surface area contributed by atoms with Crippen molar-refractivity contribution >= 4 is 129 Å². The molecule has 0 spiro atoms. The highest BCUT2D eigenvalue weighted by Crippen LogP contribution is 2.52. The van der Waals surface area contributed by atoms with Crippen LogP contribution in [-0.4, -0.2) is 0 Å². The molecule has 0 bridgehead atoms. The van der Waals surface area contributed by atoms with Crippen LogP contribution in [-0.2, 0) is 25.7 Å². The van der Waals surface area contributed by atoms with E-state index in [1.165, 1.54) is 231 Å². The molecule has 0 aliphatic carbocycles. The molecule has 2 aromatic carbocycles. The lowest BCUT2D eigenvalue weighted by Crippen LogP contribution is -1.82. The molecule has 8 rings (SSSR count). The van der Waals surface area contributed by atoms with Gasteiger partial charge in [0.05, 0.1) is 0 Å². The van der Waals surface area contributed by atoms with E-state index in [1.807, 2.05) is 0 Å². The molecule has 6 heterocycles. The van der Waals surface area contributed by atoms with Crippen molar-refractivity contribution in [3.05, 3.63) is 55.9 Å². The average molecular weight is 940 g/mol. The lowest BCUT2D eigenvalue weighted by Gasteiger charge is -1.99. The highest BCUT2D eigenvalue weighted by molar-refractivity contribution is 7.32. The fraction of sp³-hybridized carbons (Fsp3) is 0.571. The van der Waals surface area contributed by atoms with Gasteiger partial charge < -0.3 is 0 Å². The van der Waals surface area contributed by atoms with Gasteiger partial charge in [-0.2, -0.15) is 0 Å². The minimum absolute atomic E-state index is 1.23. The zero-order valence-electron chi connectivity index (χ0n) is 38.7. The number of hydrogen-bond donors (Lipinski definition) is 0. The number of hydrogen-bond acceptors (Lipinski definition) is 6. The Kier molecular flexibility index (Phi) is 17.8. The molecule has 6 heteroatoms. The standard InChI is InChI=1S/C56H74S6/c1-5-9-13-17-21-25-29-39-33-43-51-45(35-41(57-51)31-27-23-19-15-11-7-3)55-47(53(43)59-39)37-49(61-55)50-38-48-54-44(34-40(60-54)30-26-22-18-14-10-6-2)52-46(56(48)62-50)36-42(58-52)32-28-24-20-16-12-8-4/h33-38H,5-32H2,1-4H3. The van der Waals surface area contributed by atoms with Crippen LogP contribution in [0.1, 0.15) is 201 Å². The molecule has 0 fully saturated rings. The van der Waals surface area contributed by atoms with Crippen molar-refractivity contribution in [2.24, 2.45) is 0 Å². The predicted octanol–water partition coefficient (Wildman–Crippen LogP) is 22.3. The van der Waals surface area contributed by atoms with Gasteiger partial charge >= 0.3 is 0 Å². The van der Waals surface area contributed by atoms with Gasteiger partial charge in [0.15, 0.2) is 0 Å². The molecule has 6 aromatic heterocycles. The Bertz CT molecular complexity index is 2250. The molecule has 0 aliphatic rings. The molecule has 62 heavy (non-hydrogen) atoms. The van der Waals surface area contributed by atoms with Crippen LogP contribution in [0.25, 0.3) is 70.3 Å². The summed E-state index contributed by atoms with van der Waals surface area (Å²) in [6, 6.07) is 15.7. The van der Waals surface area contributed by atoms with Crippen molar-refractivity contribution in [3.63, 3.8) is 0 Å². The molecule has 0 radical (unpaired) electrons. The third-order valence-electron chi connectivity index (χ3n) is 13.4. The van der Waals surface area contributed by atoms with E-state index in [-0.39, 0.29) is 0 Å². The topological polar surface area (TPSA) is 0 Å². The second-order valence-corrected chi connectivity index (χ2v) is 25.3. The minimum Gasteiger partial charge on any atom is -0.140 e. The Balaban J connectivity index is 1.15. The average Bonchev–Trinajstić information content (AvgIpc) is 4.13. The van der Waals surface area contributed by atoms with Crippen LogP contribution in [0.3, 0.4) is 0 Å². The Morgan fingerprint density at radius 1 is 0.242 bits per heavy atom. The Morgan fingerprint density at radius 3 is 0.710 bits per heavy atom. The van der Waals surface area contributed by atoms with Gasteiger partial charge in [-0.15, -0.1) is 68.0 Å². The van der Waals surface area contributed by atoms with E-state index in [0.29, 0.717) is 0 Å². The Hall–Kier alpha value is -1.80. The zero-order valence-corrected chi connectivity index (χ0v) is 43.6. The lowest BCUT2D eigenvalue weighted by atomic mass is 10.1. The molecule has 0 saturated heterocycles. The van der Waals surface area contributed by atoms with Crippen LogP contribution in [0.5, 0.6) is 0 Å². The second-order valence-electron chi connectivity index (χ2n) is 18.6. The predicted molar refractivity (Wildman–Crippen MR) is 292 cm³/mol. The number of thiophene rings is 6. The third kappa shape index (κ3) is 11.2. The number of unbranched alkanes of at least 4 members (excludes halogenated alkanes) is 20. The number of aryl methyl sites for hydroxylation is 4. The van der Waals surface area contributed by atoms with Crippen LogP contribution < -0.4 is 0 Å². The van der Waals surface area contributed by atoms with Gasteiger partial charge in [-0.3, -0.25) is 0 Å².